The largest absolute Gasteiger partial charge is 0.380 e. The van der Waals surface area contributed by atoms with Crippen molar-refractivity contribution in [3.8, 4) is 0 Å². The Bertz CT molecular complexity index is 499. The first kappa shape index (κ1) is 18.4. The van der Waals surface area contributed by atoms with Crippen molar-refractivity contribution < 1.29 is 14.3 Å². The van der Waals surface area contributed by atoms with Crippen LogP contribution >= 0.6 is 12.4 Å². The van der Waals surface area contributed by atoms with E-state index in [9.17, 15) is 9.59 Å². The first-order valence-corrected chi connectivity index (χ1v) is 7.06. The number of carbonyl (C=O) groups excluding carboxylic acids is 2. The number of hydrogen-bond acceptors (Lipinski definition) is 4. The molecule has 1 fully saturated rings. The van der Waals surface area contributed by atoms with E-state index in [0.29, 0.717) is 23.8 Å². The molecule has 1 aromatic rings. The topological polar surface area (TPSA) is 93.4 Å². The number of carbonyl (C=O) groups is 2. The maximum atomic E-state index is 11.8. The molecule has 0 aliphatic heterocycles. The van der Waals surface area contributed by atoms with Crippen molar-refractivity contribution in [2.45, 2.75) is 31.4 Å². The van der Waals surface area contributed by atoms with Gasteiger partial charge in [0.25, 0.3) is 5.91 Å². The van der Waals surface area contributed by atoms with Crippen LogP contribution in [0.25, 0.3) is 0 Å². The molecule has 0 heterocycles. The minimum Gasteiger partial charge on any atom is -0.380 e. The highest BCUT2D eigenvalue weighted by Gasteiger charge is 2.23. The molecule has 1 aliphatic carbocycles. The Balaban J connectivity index is 0.00000242. The Morgan fingerprint density at radius 3 is 2.45 bits per heavy atom. The molecule has 0 saturated heterocycles. The Morgan fingerprint density at radius 2 is 1.95 bits per heavy atom. The maximum Gasteiger partial charge on any atom is 0.251 e. The van der Waals surface area contributed by atoms with Gasteiger partial charge in [0.15, 0.2) is 0 Å². The molecule has 0 spiro atoms. The molecule has 1 saturated carbocycles. The van der Waals surface area contributed by atoms with Gasteiger partial charge in [0, 0.05) is 30.9 Å². The van der Waals surface area contributed by atoms with Gasteiger partial charge in [0.05, 0.1) is 12.5 Å². The van der Waals surface area contributed by atoms with Crippen LogP contribution in [-0.2, 0) is 9.53 Å². The third kappa shape index (κ3) is 5.63. The molecule has 2 rings (SSSR count). The summed E-state index contributed by atoms with van der Waals surface area (Å²) >= 11 is 0. The minimum absolute atomic E-state index is 0. The van der Waals surface area contributed by atoms with Gasteiger partial charge in [0.1, 0.15) is 0 Å². The summed E-state index contributed by atoms with van der Waals surface area (Å²) in [5.41, 5.74) is 6.72. The van der Waals surface area contributed by atoms with Crippen LogP contribution < -0.4 is 16.4 Å². The van der Waals surface area contributed by atoms with Crippen LogP contribution in [0.5, 0.6) is 0 Å². The lowest BCUT2D eigenvalue weighted by molar-refractivity contribution is -0.118. The average molecular weight is 328 g/mol. The van der Waals surface area contributed by atoms with Crippen LogP contribution in [0, 0.1) is 0 Å². The summed E-state index contributed by atoms with van der Waals surface area (Å²) < 4.78 is 5.06. The number of nitrogens with one attached hydrogen (secondary N) is 2. The summed E-state index contributed by atoms with van der Waals surface area (Å²) in [5, 5.41) is 5.67. The molecule has 22 heavy (non-hydrogen) atoms. The van der Waals surface area contributed by atoms with E-state index in [4.69, 9.17) is 10.5 Å². The minimum atomic E-state index is -0.284. The number of methoxy groups -OCH3 is 1. The number of nitrogens with two attached hydrogens (primary N) is 1. The van der Waals surface area contributed by atoms with Crippen molar-refractivity contribution in [1.29, 1.82) is 0 Å². The van der Waals surface area contributed by atoms with E-state index in [0.717, 1.165) is 12.8 Å². The van der Waals surface area contributed by atoms with Gasteiger partial charge in [0.2, 0.25) is 5.91 Å². The molecule has 122 valence electrons. The predicted octanol–water partition coefficient (Wildman–Crippen LogP) is 1.30. The molecular weight excluding hydrogens is 306 g/mol. The predicted molar refractivity (Wildman–Crippen MR) is 87.3 cm³/mol. The average Bonchev–Trinajstić information content (AvgIpc) is 3.29. The monoisotopic (exact) mass is 327 g/mol. The third-order valence-electron chi connectivity index (χ3n) is 3.35. The maximum absolute atomic E-state index is 11.8. The van der Waals surface area contributed by atoms with E-state index in [2.05, 4.69) is 10.6 Å². The highest BCUT2D eigenvalue weighted by molar-refractivity contribution is 5.96. The van der Waals surface area contributed by atoms with E-state index in [1.54, 1.807) is 24.3 Å². The van der Waals surface area contributed by atoms with Crippen molar-refractivity contribution in [2.24, 2.45) is 5.73 Å². The van der Waals surface area contributed by atoms with Gasteiger partial charge in [-0.15, -0.1) is 12.4 Å². The lowest BCUT2D eigenvalue weighted by Crippen LogP contribution is -2.28. The number of hydrogen-bond donors (Lipinski definition) is 3. The van der Waals surface area contributed by atoms with Gasteiger partial charge in [-0.05, 0) is 37.1 Å². The smallest absolute Gasteiger partial charge is 0.251 e. The third-order valence-corrected chi connectivity index (χ3v) is 3.35. The fourth-order valence-electron chi connectivity index (χ4n) is 1.88. The zero-order valence-electron chi connectivity index (χ0n) is 12.5. The normalized spacial score (nSPS) is 14.6. The molecular formula is C15H22ClN3O3. The summed E-state index contributed by atoms with van der Waals surface area (Å²) in [4.78, 5) is 23.6. The SMILES string of the molecule is COC(CN)CC(=O)Nc1ccc(C(=O)NC2CC2)cc1.Cl. The van der Waals surface area contributed by atoms with Crippen LogP contribution in [0.4, 0.5) is 5.69 Å². The van der Waals surface area contributed by atoms with Gasteiger partial charge >= 0.3 is 0 Å². The molecule has 1 atom stereocenters. The van der Waals surface area contributed by atoms with Gasteiger partial charge in [-0.1, -0.05) is 0 Å². The number of benzene rings is 1. The lowest BCUT2D eigenvalue weighted by atomic mass is 10.2. The van der Waals surface area contributed by atoms with Crippen molar-refractivity contribution in [3.05, 3.63) is 29.8 Å². The number of amides is 2. The second-order valence-corrected chi connectivity index (χ2v) is 5.17. The fourth-order valence-corrected chi connectivity index (χ4v) is 1.88. The van der Waals surface area contributed by atoms with E-state index in [-0.39, 0.29) is 36.7 Å². The molecule has 1 unspecified atom stereocenters. The molecule has 7 heteroatoms. The second-order valence-electron chi connectivity index (χ2n) is 5.17. The standard InChI is InChI=1S/C15H21N3O3.ClH/c1-21-13(9-16)8-14(19)17-11-4-2-10(3-5-11)15(20)18-12-6-7-12;/h2-5,12-13H,6-9,16H2,1H3,(H,17,19)(H,18,20);1H. The van der Waals surface area contributed by atoms with Gasteiger partial charge < -0.3 is 21.1 Å². The Morgan fingerprint density at radius 1 is 1.32 bits per heavy atom. The summed E-state index contributed by atoms with van der Waals surface area (Å²) in [7, 11) is 1.53. The van der Waals surface area contributed by atoms with Crippen molar-refractivity contribution in [3.63, 3.8) is 0 Å². The van der Waals surface area contributed by atoms with E-state index in [1.807, 2.05) is 0 Å². The van der Waals surface area contributed by atoms with Crippen molar-refractivity contribution in [1.82, 2.24) is 5.32 Å². The van der Waals surface area contributed by atoms with Crippen LogP contribution in [0.2, 0.25) is 0 Å². The molecule has 0 bridgehead atoms. The van der Waals surface area contributed by atoms with E-state index < -0.39 is 0 Å². The molecule has 1 aromatic carbocycles. The summed E-state index contributed by atoms with van der Waals surface area (Å²) in [6.07, 6.45) is 2.04. The highest BCUT2D eigenvalue weighted by Crippen LogP contribution is 2.19. The Hall–Kier alpha value is -1.63. The summed E-state index contributed by atoms with van der Waals surface area (Å²) in [5.74, 6) is -0.236. The first-order chi connectivity index (χ1) is 10.1. The number of anilines is 1. The van der Waals surface area contributed by atoms with Crippen LogP contribution in [0.1, 0.15) is 29.6 Å². The van der Waals surface area contributed by atoms with E-state index >= 15 is 0 Å². The zero-order valence-corrected chi connectivity index (χ0v) is 13.3. The van der Waals surface area contributed by atoms with Gasteiger partial charge in [-0.2, -0.15) is 0 Å². The summed E-state index contributed by atoms with van der Waals surface area (Å²) in [6.45, 7) is 0.296. The summed E-state index contributed by atoms with van der Waals surface area (Å²) in [6, 6.07) is 7.15. The molecule has 2 amide bonds. The van der Waals surface area contributed by atoms with E-state index in [1.165, 1.54) is 7.11 Å². The number of rotatable bonds is 7. The quantitative estimate of drug-likeness (QED) is 0.703. The Labute approximate surface area is 136 Å². The number of ether oxygens (including phenoxy) is 1. The lowest BCUT2D eigenvalue weighted by Gasteiger charge is -2.12. The molecule has 1 aliphatic rings. The zero-order chi connectivity index (χ0) is 15.2. The molecule has 0 radical (unpaired) electrons. The first-order valence-electron chi connectivity index (χ1n) is 7.06. The van der Waals surface area contributed by atoms with Gasteiger partial charge in [-0.3, -0.25) is 9.59 Å². The van der Waals surface area contributed by atoms with Crippen molar-refractivity contribution >= 4 is 29.9 Å². The van der Waals surface area contributed by atoms with Crippen LogP contribution in [0.15, 0.2) is 24.3 Å². The number of halogens is 1. The van der Waals surface area contributed by atoms with Crippen molar-refractivity contribution in [2.75, 3.05) is 19.0 Å². The highest BCUT2D eigenvalue weighted by atomic mass is 35.5. The Kier molecular flexibility index (Phi) is 7.31. The molecule has 4 N–H and O–H groups in total. The molecule has 0 aromatic heterocycles. The van der Waals surface area contributed by atoms with Crippen LogP contribution in [0.3, 0.4) is 0 Å². The van der Waals surface area contributed by atoms with Gasteiger partial charge in [-0.25, -0.2) is 0 Å². The fraction of sp³-hybridized carbons (Fsp3) is 0.467. The van der Waals surface area contributed by atoms with Crippen LogP contribution in [-0.4, -0.2) is 37.6 Å². The molecule has 6 nitrogen and oxygen atoms in total. The second kappa shape index (κ2) is 8.73.